The van der Waals surface area contributed by atoms with Gasteiger partial charge < -0.3 is 70.7 Å². The van der Waals surface area contributed by atoms with E-state index in [1.165, 1.54) is 44.4 Å². The number of Topliss-reactive ketones (excluding diaryl/α,β-unsaturated/α-hetero) is 1. The number of hydrogen-bond acceptors (Lipinski definition) is 21. The molecule has 0 saturated carbocycles. The number of unbranched alkanes of at least 4 members (excludes halogenated alkanes) is 1. The Balaban J connectivity index is 1.66. The number of phenols is 1. The van der Waals surface area contributed by atoms with E-state index in [0.717, 1.165) is 28.4 Å². The number of phenolic OH excluding ortho intramolecular Hbond substituents is 1. The summed E-state index contributed by atoms with van der Waals surface area (Å²) in [6.07, 6.45) is 2.98. The number of carbonyl (C=O) groups excluding carboxylic acids is 11. The SMILES string of the molecule is CC[C@H](C)[C@H](CC(=O)C(C)(C)N(C)C)C(=O)N(C)[C@H](C[C@@H](OC(C)=O)c1nc(C(=O)N[C@@H](Cc2ccc(O)c(NC(=O)[C@H](CCCCNC(=O)CCOCCOCCNC(=O)CCOCCOCCNC(C)=O)NC(=O)CCCN3C(=O)C=CC3=O)c2)CC(C)C(=O)O)cs1)C(C)C. The maximum absolute atomic E-state index is 14.5. The minimum atomic E-state index is -1.17. The van der Waals surface area contributed by atoms with Crippen molar-refractivity contribution in [2.24, 2.45) is 23.7 Å². The van der Waals surface area contributed by atoms with Gasteiger partial charge in [0.2, 0.25) is 35.4 Å². The van der Waals surface area contributed by atoms with E-state index in [2.05, 4.69) is 36.9 Å². The van der Waals surface area contributed by atoms with Crippen molar-refractivity contribution in [2.75, 3.05) is 105 Å². The maximum Gasteiger partial charge on any atom is 0.306 e. The Morgan fingerprint density at radius 1 is 0.724 bits per heavy atom. The highest BCUT2D eigenvalue weighted by Crippen LogP contribution is 2.34. The molecule has 0 spiro atoms. The number of benzene rings is 1. The fourth-order valence-corrected chi connectivity index (χ4v) is 11.1. The lowest BCUT2D eigenvalue weighted by Crippen LogP contribution is -2.50. The summed E-state index contributed by atoms with van der Waals surface area (Å²) >= 11 is 1.06. The van der Waals surface area contributed by atoms with Crippen molar-refractivity contribution in [3.05, 3.63) is 52.0 Å². The summed E-state index contributed by atoms with van der Waals surface area (Å²) in [5.41, 5.74) is -0.472. The first-order chi connectivity index (χ1) is 46.4. The molecule has 2 heterocycles. The Morgan fingerprint density at radius 2 is 1.32 bits per heavy atom. The summed E-state index contributed by atoms with van der Waals surface area (Å²) in [5, 5.41) is 39.3. The molecular weight excluding hydrogens is 1290 g/mol. The molecule has 7 atom stereocenters. The van der Waals surface area contributed by atoms with Crippen molar-refractivity contribution in [3.63, 3.8) is 0 Å². The zero-order chi connectivity index (χ0) is 73.1. The van der Waals surface area contributed by atoms with Gasteiger partial charge in [-0.1, -0.05) is 47.1 Å². The van der Waals surface area contributed by atoms with Crippen LogP contribution >= 0.6 is 11.3 Å². The molecule has 0 saturated heterocycles. The van der Waals surface area contributed by atoms with Crippen LogP contribution in [0.15, 0.2) is 35.7 Å². The van der Waals surface area contributed by atoms with Crippen molar-refractivity contribution in [1.82, 2.24) is 46.3 Å². The van der Waals surface area contributed by atoms with Crippen molar-refractivity contribution in [1.29, 1.82) is 0 Å². The number of hydrogen-bond donors (Lipinski definition) is 8. The number of carboxylic acid groups (broad SMARTS) is 1. The number of carboxylic acids is 1. The Kier molecular flexibility index (Phi) is 38.2. The monoisotopic (exact) mass is 1400 g/mol. The lowest BCUT2D eigenvalue weighted by molar-refractivity contribution is -0.150. The van der Waals surface area contributed by atoms with Crippen LogP contribution in [-0.2, 0) is 82.8 Å². The molecule has 1 aliphatic heterocycles. The fraction of sp³-hybridized carbons (Fsp3) is 0.662. The second-order valence-corrected chi connectivity index (χ2v) is 26.3. The highest BCUT2D eigenvalue weighted by atomic mass is 32.1. The third kappa shape index (κ3) is 31.0. The number of ether oxygens (including phenoxy) is 5. The number of nitrogens with one attached hydrogen (secondary N) is 6. The molecule has 1 aromatic heterocycles. The highest BCUT2D eigenvalue weighted by Gasteiger charge is 2.39. The van der Waals surface area contributed by atoms with Crippen LogP contribution in [0.25, 0.3) is 0 Å². The zero-order valence-corrected chi connectivity index (χ0v) is 59.9. The van der Waals surface area contributed by atoms with Gasteiger partial charge in [-0.2, -0.15) is 0 Å². The van der Waals surface area contributed by atoms with E-state index in [4.69, 9.17) is 23.7 Å². The average Bonchev–Trinajstić information content (AvgIpc) is 1.02. The maximum atomic E-state index is 14.5. The molecule has 0 aliphatic carbocycles. The van der Waals surface area contributed by atoms with Crippen molar-refractivity contribution >= 4 is 87.9 Å². The van der Waals surface area contributed by atoms with Gasteiger partial charge in [-0.25, -0.2) is 4.98 Å². The largest absolute Gasteiger partial charge is 0.506 e. The first kappa shape index (κ1) is 84.5. The second-order valence-electron chi connectivity index (χ2n) is 25.4. The smallest absolute Gasteiger partial charge is 0.306 e. The molecule has 3 rings (SSSR count). The van der Waals surface area contributed by atoms with Crippen LogP contribution in [0.2, 0.25) is 0 Å². The molecule has 1 unspecified atom stereocenters. The number of aromatic nitrogens is 1. The van der Waals surface area contributed by atoms with Crippen molar-refractivity contribution in [2.45, 2.75) is 169 Å². The normalized spacial score (nSPS) is 14.4. The number of carbonyl (C=O) groups is 12. The number of anilines is 1. The van der Waals surface area contributed by atoms with Gasteiger partial charge in [0.25, 0.3) is 17.7 Å². The van der Waals surface area contributed by atoms with Crippen LogP contribution in [0, 0.1) is 23.7 Å². The second kappa shape index (κ2) is 44.3. The summed E-state index contributed by atoms with van der Waals surface area (Å²) in [4.78, 5) is 163. The van der Waals surface area contributed by atoms with E-state index < -0.39 is 83.1 Å². The van der Waals surface area contributed by atoms with E-state index in [1.54, 1.807) is 11.9 Å². The van der Waals surface area contributed by atoms with E-state index in [1.807, 2.05) is 60.5 Å². The number of amides is 9. The first-order valence-corrected chi connectivity index (χ1v) is 34.4. The number of esters is 1. The molecule has 548 valence electrons. The summed E-state index contributed by atoms with van der Waals surface area (Å²) in [6, 6.07) is 1.77. The fourth-order valence-electron chi connectivity index (χ4n) is 10.3. The quantitative estimate of drug-likeness (QED) is 0.0199. The number of thiazole rings is 1. The molecule has 8 N–H and O–H groups in total. The summed E-state index contributed by atoms with van der Waals surface area (Å²) in [5.74, 6) is -7.84. The highest BCUT2D eigenvalue weighted by molar-refractivity contribution is 7.09. The Labute approximate surface area is 579 Å². The predicted molar refractivity (Wildman–Crippen MR) is 364 cm³/mol. The third-order valence-electron chi connectivity index (χ3n) is 16.9. The molecule has 98 heavy (non-hydrogen) atoms. The average molecular weight is 1400 g/mol. The van der Waals surface area contributed by atoms with Gasteiger partial charge in [0.05, 0.1) is 70.0 Å². The predicted octanol–water partition coefficient (Wildman–Crippen LogP) is 4.25. The van der Waals surface area contributed by atoms with Gasteiger partial charge in [-0.3, -0.25) is 67.3 Å². The molecular formula is C68H106N10O19S. The molecule has 9 amide bonds. The van der Waals surface area contributed by atoms with Crippen LogP contribution in [0.5, 0.6) is 5.75 Å². The summed E-state index contributed by atoms with van der Waals surface area (Å²) in [6.45, 7) is 18.5. The van der Waals surface area contributed by atoms with Gasteiger partial charge in [0.15, 0.2) is 11.9 Å². The Hall–Kier alpha value is -7.77. The van der Waals surface area contributed by atoms with Gasteiger partial charge in [-0.15, -0.1) is 11.3 Å². The lowest BCUT2D eigenvalue weighted by Gasteiger charge is -2.38. The van der Waals surface area contributed by atoms with Crippen LogP contribution < -0.4 is 31.9 Å². The van der Waals surface area contributed by atoms with E-state index in [-0.39, 0.29) is 174 Å². The van der Waals surface area contributed by atoms with E-state index in [9.17, 15) is 67.7 Å². The Bertz CT molecular complexity index is 2980. The number of aliphatic carboxylic acids is 1. The topological polar surface area (TPSA) is 386 Å². The van der Waals surface area contributed by atoms with E-state index >= 15 is 0 Å². The lowest BCUT2D eigenvalue weighted by atomic mass is 9.81. The van der Waals surface area contributed by atoms with Gasteiger partial charge in [0.1, 0.15) is 22.5 Å². The molecule has 30 heteroatoms. The van der Waals surface area contributed by atoms with E-state index in [0.29, 0.717) is 51.2 Å². The number of rotatable bonds is 50. The van der Waals surface area contributed by atoms with Crippen LogP contribution in [0.1, 0.15) is 160 Å². The number of nitrogens with zero attached hydrogens (tertiary/aromatic N) is 4. The van der Waals surface area contributed by atoms with Gasteiger partial charge >= 0.3 is 11.9 Å². The molecule has 0 bridgehead atoms. The first-order valence-electron chi connectivity index (χ1n) is 33.5. The number of aromatic hydroxyl groups is 1. The summed E-state index contributed by atoms with van der Waals surface area (Å²) < 4.78 is 27.5. The minimum Gasteiger partial charge on any atom is -0.506 e. The standard InChI is InChI=1S/C68H106N10O19S/c1-13-44(4)50(40-57(82)68(8,9)76(10)11)66(90)77(12)54(43(2)3)41-56(97-47(7)80)65-75-53(42-98-65)64(89)72-49(37-45(5)67(91)92)38-48-19-20-55(81)52(39-48)74-63(88)51(73-60(85)18-16-28-78-61(86)21-22-62(78)87)17-14-15-25-70-58(83)23-29-93-34-36-96-32-27-71-59(84)24-30-94-33-35-95-31-26-69-46(6)79/h19-22,39,42-45,49-51,54,56,81H,13-18,23-38,40-41H2,1-12H3,(H,69,79)(H,70,83)(H,71,84)(H,72,89)(H,73,85)(H,74,88)(H,91,92)/t44-,45?,49+,50-,51-,54+,56+/m0/s1. The number of imide groups is 1. The number of ketones is 1. The molecule has 0 radical (unpaired) electrons. The molecule has 2 aromatic rings. The minimum absolute atomic E-state index is 0.0000830. The molecule has 1 aromatic carbocycles. The zero-order valence-electron chi connectivity index (χ0n) is 59.1. The van der Waals surface area contributed by atoms with Gasteiger partial charge in [-0.05, 0) is 96.0 Å². The molecule has 0 fully saturated rings. The third-order valence-corrected chi connectivity index (χ3v) is 17.9. The van der Waals surface area contributed by atoms with Crippen LogP contribution in [0.3, 0.4) is 0 Å². The van der Waals surface area contributed by atoms with Crippen molar-refractivity contribution in [3.8, 4) is 5.75 Å². The molecule has 29 nitrogen and oxygen atoms in total. The van der Waals surface area contributed by atoms with Crippen LogP contribution in [-0.4, -0.2) is 225 Å². The Morgan fingerprint density at radius 3 is 1.88 bits per heavy atom. The summed E-state index contributed by atoms with van der Waals surface area (Å²) in [7, 11) is 5.31. The van der Waals surface area contributed by atoms with Crippen LogP contribution in [0.4, 0.5) is 5.69 Å². The van der Waals surface area contributed by atoms with Crippen molar-refractivity contribution < 1.29 is 91.4 Å². The van der Waals surface area contributed by atoms with Gasteiger partial charge in [0, 0.05) is 115 Å². The number of likely N-dealkylation sites (N-methyl/N-ethyl adjacent to an activating group) is 1. The molecule has 1 aliphatic rings.